The van der Waals surface area contributed by atoms with Gasteiger partial charge in [-0.3, -0.25) is 4.79 Å². The van der Waals surface area contributed by atoms with Crippen LogP contribution in [0.2, 0.25) is 0 Å². The lowest BCUT2D eigenvalue weighted by Gasteiger charge is -2.22. The first-order valence-corrected chi connectivity index (χ1v) is 6.69. The molecule has 0 bridgehead atoms. The molecule has 0 heterocycles. The lowest BCUT2D eigenvalue weighted by molar-refractivity contribution is -0.908. The van der Waals surface area contributed by atoms with Crippen molar-refractivity contribution in [3.8, 4) is 5.75 Å². The fraction of sp³-hybridized carbons (Fsp3) is 0.533. The molecule has 0 fully saturated rings. The number of benzene rings is 1. The van der Waals surface area contributed by atoms with E-state index in [-0.39, 0.29) is 18.0 Å². The Morgan fingerprint density at radius 1 is 1.37 bits per heavy atom. The molecule has 1 aromatic rings. The smallest absolute Gasteiger partial charge is 0.278 e. The van der Waals surface area contributed by atoms with Gasteiger partial charge in [0.2, 0.25) is 0 Å². The van der Waals surface area contributed by atoms with Crippen molar-refractivity contribution in [3.63, 3.8) is 0 Å². The molecule has 1 aromatic carbocycles. The number of ether oxygens (including phenoxy) is 1. The molecule has 1 amide bonds. The average molecular weight is 265 g/mol. The molecule has 1 unspecified atom stereocenters. The maximum atomic E-state index is 12.0. The SMILES string of the molecule is COc1cccc(C[NH+](C)[C@H](C)C(=O)NC(C)C)c1. The monoisotopic (exact) mass is 265 g/mol. The van der Waals surface area contributed by atoms with Gasteiger partial charge in [-0.2, -0.15) is 0 Å². The Morgan fingerprint density at radius 3 is 2.63 bits per heavy atom. The topological polar surface area (TPSA) is 42.8 Å². The van der Waals surface area contributed by atoms with Gasteiger partial charge in [-0.25, -0.2) is 0 Å². The molecular weight excluding hydrogens is 240 g/mol. The van der Waals surface area contributed by atoms with E-state index in [4.69, 9.17) is 4.74 Å². The minimum Gasteiger partial charge on any atom is -0.497 e. The molecule has 0 radical (unpaired) electrons. The van der Waals surface area contributed by atoms with Crippen LogP contribution in [0.4, 0.5) is 0 Å². The van der Waals surface area contributed by atoms with Gasteiger partial charge in [0.15, 0.2) is 6.04 Å². The summed E-state index contributed by atoms with van der Waals surface area (Å²) in [4.78, 5) is 13.1. The number of methoxy groups -OCH3 is 1. The number of carbonyl (C=O) groups excluding carboxylic acids is 1. The molecule has 0 aliphatic carbocycles. The summed E-state index contributed by atoms with van der Waals surface area (Å²) >= 11 is 0. The maximum absolute atomic E-state index is 12.0. The zero-order valence-corrected chi connectivity index (χ0v) is 12.5. The van der Waals surface area contributed by atoms with E-state index in [1.807, 2.05) is 46.0 Å². The van der Waals surface area contributed by atoms with Gasteiger partial charge in [0, 0.05) is 11.6 Å². The van der Waals surface area contributed by atoms with Crippen molar-refractivity contribution >= 4 is 5.91 Å². The number of quaternary nitrogens is 1. The molecule has 4 nitrogen and oxygen atoms in total. The van der Waals surface area contributed by atoms with Crippen LogP contribution in [-0.2, 0) is 11.3 Å². The summed E-state index contributed by atoms with van der Waals surface area (Å²) in [6, 6.07) is 8.07. The zero-order valence-electron chi connectivity index (χ0n) is 12.5. The summed E-state index contributed by atoms with van der Waals surface area (Å²) in [5.74, 6) is 0.944. The third-order valence-electron chi connectivity index (χ3n) is 3.18. The summed E-state index contributed by atoms with van der Waals surface area (Å²) < 4.78 is 5.21. The maximum Gasteiger partial charge on any atom is 0.278 e. The molecule has 0 aliphatic heterocycles. The number of amides is 1. The van der Waals surface area contributed by atoms with Crippen LogP contribution >= 0.6 is 0 Å². The van der Waals surface area contributed by atoms with Gasteiger partial charge in [0.25, 0.3) is 5.91 Å². The van der Waals surface area contributed by atoms with E-state index in [1.54, 1.807) is 7.11 Å². The van der Waals surface area contributed by atoms with Crippen LogP contribution in [0.3, 0.4) is 0 Å². The second-order valence-corrected chi connectivity index (χ2v) is 5.26. The molecule has 19 heavy (non-hydrogen) atoms. The average Bonchev–Trinajstić information content (AvgIpc) is 2.37. The van der Waals surface area contributed by atoms with Crippen molar-refractivity contribution in [2.24, 2.45) is 0 Å². The van der Waals surface area contributed by atoms with Crippen molar-refractivity contribution in [3.05, 3.63) is 29.8 Å². The Bertz CT molecular complexity index is 418. The van der Waals surface area contributed by atoms with E-state index in [0.717, 1.165) is 17.2 Å². The van der Waals surface area contributed by atoms with Gasteiger partial charge in [0.1, 0.15) is 12.3 Å². The second kappa shape index (κ2) is 7.14. The Labute approximate surface area is 115 Å². The van der Waals surface area contributed by atoms with E-state index in [1.165, 1.54) is 5.56 Å². The quantitative estimate of drug-likeness (QED) is 0.792. The predicted octanol–water partition coefficient (Wildman–Crippen LogP) is 0.623. The van der Waals surface area contributed by atoms with Crippen LogP contribution in [-0.4, -0.2) is 32.1 Å². The third-order valence-corrected chi connectivity index (χ3v) is 3.18. The summed E-state index contributed by atoms with van der Waals surface area (Å²) in [7, 11) is 3.69. The molecule has 106 valence electrons. The summed E-state index contributed by atoms with van der Waals surface area (Å²) in [5.41, 5.74) is 1.17. The third kappa shape index (κ3) is 4.91. The number of likely N-dealkylation sites (N-methyl/N-ethyl adjacent to an activating group) is 1. The van der Waals surface area contributed by atoms with Gasteiger partial charge >= 0.3 is 0 Å². The van der Waals surface area contributed by atoms with Gasteiger partial charge < -0.3 is 15.0 Å². The summed E-state index contributed by atoms with van der Waals surface area (Å²) in [5, 5.41) is 2.95. The minimum absolute atomic E-state index is 0.0754. The van der Waals surface area contributed by atoms with E-state index in [0.29, 0.717) is 0 Å². The summed E-state index contributed by atoms with van der Waals surface area (Å²) in [6.07, 6.45) is 0. The molecule has 4 heteroatoms. The lowest BCUT2D eigenvalue weighted by Crippen LogP contribution is -3.12. The van der Waals surface area contributed by atoms with Gasteiger partial charge in [-0.15, -0.1) is 0 Å². The highest BCUT2D eigenvalue weighted by Crippen LogP contribution is 2.11. The molecular formula is C15H25N2O2+. The molecule has 0 aliphatic rings. The Kier molecular flexibility index (Phi) is 5.83. The highest BCUT2D eigenvalue weighted by atomic mass is 16.5. The minimum atomic E-state index is -0.0754. The normalized spacial score (nSPS) is 14.0. The van der Waals surface area contributed by atoms with E-state index in [9.17, 15) is 4.79 Å². The van der Waals surface area contributed by atoms with Crippen molar-refractivity contribution in [1.29, 1.82) is 0 Å². The van der Waals surface area contributed by atoms with Crippen molar-refractivity contribution in [2.45, 2.75) is 39.4 Å². The number of rotatable bonds is 6. The molecule has 0 aromatic heterocycles. The highest BCUT2D eigenvalue weighted by Gasteiger charge is 2.22. The number of hydrogen-bond acceptors (Lipinski definition) is 2. The van der Waals surface area contributed by atoms with E-state index < -0.39 is 0 Å². The van der Waals surface area contributed by atoms with E-state index in [2.05, 4.69) is 11.4 Å². The fourth-order valence-electron chi connectivity index (χ4n) is 1.89. The number of carbonyl (C=O) groups is 1. The first-order chi connectivity index (χ1) is 8.93. The predicted molar refractivity (Wildman–Crippen MR) is 76.3 cm³/mol. The van der Waals surface area contributed by atoms with Gasteiger partial charge in [-0.05, 0) is 32.9 Å². The standard InChI is InChI=1S/C15H24N2O2/c1-11(2)16-15(18)12(3)17(4)10-13-7-6-8-14(9-13)19-5/h6-9,11-12H,10H2,1-5H3,(H,16,18)/p+1/t12-/m1/s1. The van der Waals surface area contributed by atoms with Crippen molar-refractivity contribution in [2.75, 3.05) is 14.2 Å². The zero-order chi connectivity index (χ0) is 14.4. The Morgan fingerprint density at radius 2 is 2.05 bits per heavy atom. The van der Waals surface area contributed by atoms with Crippen molar-refractivity contribution in [1.82, 2.24) is 5.32 Å². The Hall–Kier alpha value is -1.55. The second-order valence-electron chi connectivity index (χ2n) is 5.26. The van der Waals surface area contributed by atoms with Crippen LogP contribution in [0, 0.1) is 0 Å². The number of hydrogen-bond donors (Lipinski definition) is 2. The van der Waals surface area contributed by atoms with Gasteiger partial charge in [0.05, 0.1) is 14.2 Å². The van der Waals surface area contributed by atoms with Crippen molar-refractivity contribution < 1.29 is 14.4 Å². The first-order valence-electron chi connectivity index (χ1n) is 6.69. The highest BCUT2D eigenvalue weighted by molar-refractivity contribution is 5.80. The summed E-state index contributed by atoms with van der Waals surface area (Å²) in [6.45, 7) is 6.70. The number of nitrogens with one attached hydrogen (secondary N) is 2. The van der Waals surface area contributed by atoms with Crippen LogP contribution in [0.25, 0.3) is 0 Å². The van der Waals surface area contributed by atoms with Crippen LogP contribution < -0.4 is 15.0 Å². The van der Waals surface area contributed by atoms with Crippen LogP contribution in [0.1, 0.15) is 26.3 Å². The molecule has 2 atom stereocenters. The van der Waals surface area contributed by atoms with E-state index >= 15 is 0 Å². The van der Waals surface area contributed by atoms with Crippen LogP contribution in [0.15, 0.2) is 24.3 Å². The molecule has 0 saturated heterocycles. The molecule has 0 spiro atoms. The fourth-order valence-corrected chi connectivity index (χ4v) is 1.89. The molecule has 0 saturated carbocycles. The largest absolute Gasteiger partial charge is 0.497 e. The Balaban J connectivity index is 2.62. The molecule has 1 rings (SSSR count). The molecule has 2 N–H and O–H groups in total. The van der Waals surface area contributed by atoms with Crippen LogP contribution in [0.5, 0.6) is 5.75 Å². The first kappa shape index (κ1) is 15.5. The lowest BCUT2D eigenvalue weighted by atomic mass is 10.1. The van der Waals surface area contributed by atoms with Gasteiger partial charge in [-0.1, -0.05) is 12.1 Å².